The number of anilines is 1. The predicted molar refractivity (Wildman–Crippen MR) is 51.1 cm³/mol. The van der Waals surface area contributed by atoms with Crippen LogP contribution in [0.25, 0.3) is 5.57 Å². The fourth-order valence-corrected chi connectivity index (χ4v) is 1.71. The zero-order valence-electron chi connectivity index (χ0n) is 5.67. The van der Waals surface area contributed by atoms with E-state index >= 15 is 0 Å². The number of nitrogen functional groups attached to an aromatic ring is 1. The molecule has 6 heteroatoms. The van der Waals surface area contributed by atoms with Gasteiger partial charge in [0, 0.05) is 5.54 Å². The molecule has 0 bridgehead atoms. The smallest absolute Gasteiger partial charge is 0.236 e. The average molecular weight is 222 g/mol. The van der Waals surface area contributed by atoms with E-state index in [2.05, 4.69) is 4.98 Å². The number of allylic oxidation sites excluding steroid dienone is 1. The summed E-state index contributed by atoms with van der Waals surface area (Å²) < 4.78 is 0.336. The summed E-state index contributed by atoms with van der Waals surface area (Å²) in [5.41, 5.74) is 6.80. The summed E-state index contributed by atoms with van der Waals surface area (Å²) in [6.45, 7) is 0. The Morgan fingerprint density at radius 3 is 2.75 bits per heavy atom. The fourth-order valence-electron chi connectivity index (χ4n) is 0.605. The maximum Gasteiger partial charge on any atom is 0.236 e. The summed E-state index contributed by atoms with van der Waals surface area (Å²) >= 11 is 12.1. The Morgan fingerprint density at radius 2 is 2.42 bits per heavy atom. The highest BCUT2D eigenvalue weighted by molar-refractivity contribution is 7.19. The zero-order chi connectivity index (χ0) is 9.14. The summed E-state index contributed by atoms with van der Waals surface area (Å²) in [6, 6.07) is 0. The van der Waals surface area contributed by atoms with Crippen molar-refractivity contribution in [2.75, 3.05) is 5.73 Å². The number of rotatable bonds is 2. The average Bonchev–Trinajstić information content (AvgIpc) is 2.34. The van der Waals surface area contributed by atoms with Gasteiger partial charge in [0.2, 0.25) is 6.29 Å². The molecule has 3 nitrogen and oxygen atoms in total. The minimum absolute atomic E-state index is 0.106. The molecule has 0 fully saturated rings. The van der Waals surface area contributed by atoms with Crippen LogP contribution in [0.1, 0.15) is 5.69 Å². The lowest BCUT2D eigenvalue weighted by atomic mass is 10.3. The van der Waals surface area contributed by atoms with Gasteiger partial charge in [-0.25, -0.2) is 4.98 Å². The standard InChI is InChI=1S/C6H3Cl2N2OS/c7-1-3(2-11)4-5(8)12-6(9)10-4/h1H,(H2,9,10). The lowest BCUT2D eigenvalue weighted by Crippen LogP contribution is -1.87. The van der Waals surface area contributed by atoms with Gasteiger partial charge in [0.25, 0.3) is 0 Å². The molecule has 2 N–H and O–H groups in total. The topological polar surface area (TPSA) is 56.0 Å². The number of hydrogen-bond acceptors (Lipinski definition) is 4. The highest BCUT2D eigenvalue weighted by Gasteiger charge is 2.11. The van der Waals surface area contributed by atoms with E-state index in [1.807, 2.05) is 0 Å². The van der Waals surface area contributed by atoms with Gasteiger partial charge in [0.15, 0.2) is 5.13 Å². The third kappa shape index (κ3) is 1.77. The van der Waals surface area contributed by atoms with Crippen LogP contribution in [0.5, 0.6) is 0 Å². The van der Waals surface area contributed by atoms with Gasteiger partial charge in [0.1, 0.15) is 10.0 Å². The van der Waals surface area contributed by atoms with E-state index in [0.717, 1.165) is 16.9 Å². The van der Waals surface area contributed by atoms with Gasteiger partial charge in [0.05, 0.1) is 5.57 Å². The molecule has 0 unspecified atom stereocenters. The van der Waals surface area contributed by atoms with E-state index in [1.165, 1.54) is 0 Å². The monoisotopic (exact) mass is 221 g/mol. The highest BCUT2D eigenvalue weighted by Crippen LogP contribution is 2.30. The van der Waals surface area contributed by atoms with Crippen molar-refractivity contribution < 1.29 is 4.79 Å². The molecular weight excluding hydrogens is 219 g/mol. The molecule has 0 saturated heterocycles. The van der Waals surface area contributed by atoms with Crippen LogP contribution in [0.15, 0.2) is 5.54 Å². The lowest BCUT2D eigenvalue weighted by molar-refractivity contribution is 0.565. The number of halogens is 2. The van der Waals surface area contributed by atoms with Gasteiger partial charge in [-0.05, 0) is 0 Å². The molecule has 0 aliphatic heterocycles. The molecule has 1 radical (unpaired) electrons. The Bertz CT molecular complexity index is 334. The van der Waals surface area contributed by atoms with Gasteiger partial charge in [-0.2, -0.15) is 0 Å². The normalized spacial score (nSPS) is 11.7. The maximum absolute atomic E-state index is 10.3. The first-order chi connectivity index (χ1) is 5.69. The predicted octanol–water partition coefficient (Wildman–Crippen LogP) is 2.07. The van der Waals surface area contributed by atoms with Crippen molar-refractivity contribution in [3.05, 3.63) is 15.6 Å². The number of carbonyl (C=O) groups excluding carboxylic acids is 1. The molecular formula is C6H3Cl2N2OS. The molecule has 63 valence electrons. The lowest BCUT2D eigenvalue weighted by Gasteiger charge is -1.89. The van der Waals surface area contributed by atoms with E-state index in [4.69, 9.17) is 28.9 Å². The van der Waals surface area contributed by atoms with Gasteiger partial charge >= 0.3 is 0 Å². The zero-order valence-corrected chi connectivity index (χ0v) is 8.00. The Balaban J connectivity index is 3.17. The summed E-state index contributed by atoms with van der Waals surface area (Å²) in [7, 11) is 0. The van der Waals surface area contributed by atoms with Crippen molar-refractivity contribution >= 4 is 51.5 Å². The van der Waals surface area contributed by atoms with Crippen molar-refractivity contribution in [1.82, 2.24) is 4.98 Å². The van der Waals surface area contributed by atoms with Crippen molar-refractivity contribution in [3.63, 3.8) is 0 Å². The third-order valence-corrected chi connectivity index (χ3v) is 2.38. The Kier molecular flexibility index (Phi) is 3.08. The van der Waals surface area contributed by atoms with Crippen LogP contribution in [-0.2, 0) is 4.79 Å². The second-order valence-electron chi connectivity index (χ2n) is 1.80. The number of nitrogens with zero attached hydrogens (tertiary/aromatic N) is 1. The van der Waals surface area contributed by atoms with Crippen molar-refractivity contribution in [2.45, 2.75) is 0 Å². The molecule has 0 spiro atoms. The van der Waals surface area contributed by atoms with Crippen LogP contribution >= 0.6 is 34.5 Å². The van der Waals surface area contributed by atoms with Crippen molar-refractivity contribution in [2.24, 2.45) is 0 Å². The first-order valence-electron chi connectivity index (χ1n) is 2.79. The molecule has 1 aromatic rings. The van der Waals surface area contributed by atoms with Crippen LogP contribution in [0.3, 0.4) is 0 Å². The number of thiazole rings is 1. The largest absolute Gasteiger partial charge is 0.375 e. The second kappa shape index (κ2) is 3.89. The van der Waals surface area contributed by atoms with Crippen LogP contribution < -0.4 is 5.73 Å². The molecule has 0 atom stereocenters. The molecule has 1 rings (SSSR count). The molecule has 0 amide bonds. The minimum Gasteiger partial charge on any atom is -0.375 e. The fraction of sp³-hybridized carbons (Fsp3) is 0. The van der Waals surface area contributed by atoms with E-state index < -0.39 is 0 Å². The Hall–Kier alpha value is -0.580. The number of aromatic nitrogens is 1. The van der Waals surface area contributed by atoms with Crippen LogP contribution in [0.2, 0.25) is 4.34 Å². The van der Waals surface area contributed by atoms with Gasteiger partial charge in [-0.1, -0.05) is 34.5 Å². The van der Waals surface area contributed by atoms with Gasteiger partial charge < -0.3 is 5.73 Å². The molecule has 1 aromatic heterocycles. The summed E-state index contributed by atoms with van der Waals surface area (Å²) in [5, 5.41) is 0.293. The first-order valence-corrected chi connectivity index (χ1v) is 4.43. The van der Waals surface area contributed by atoms with Crippen LogP contribution in [-0.4, -0.2) is 11.3 Å². The maximum atomic E-state index is 10.3. The third-order valence-electron chi connectivity index (χ3n) is 1.08. The summed E-state index contributed by atoms with van der Waals surface area (Å²) in [5.74, 6) is 0. The van der Waals surface area contributed by atoms with Crippen molar-refractivity contribution in [1.29, 1.82) is 0 Å². The van der Waals surface area contributed by atoms with Crippen LogP contribution in [0, 0.1) is 0 Å². The summed E-state index contributed by atoms with van der Waals surface area (Å²) in [6.07, 6.45) is 1.61. The Morgan fingerprint density at radius 1 is 1.75 bits per heavy atom. The summed E-state index contributed by atoms with van der Waals surface area (Å²) in [4.78, 5) is 14.1. The van der Waals surface area contributed by atoms with E-state index in [-0.39, 0.29) is 11.3 Å². The minimum atomic E-state index is 0.106. The van der Waals surface area contributed by atoms with Gasteiger partial charge in [-0.15, -0.1) is 0 Å². The van der Waals surface area contributed by atoms with E-state index in [1.54, 1.807) is 6.29 Å². The quantitative estimate of drug-likeness (QED) is 0.779. The molecule has 0 aromatic carbocycles. The number of nitrogens with two attached hydrogens (primary N) is 1. The Labute approximate surface area is 82.8 Å². The van der Waals surface area contributed by atoms with E-state index in [0.29, 0.717) is 9.47 Å². The molecule has 0 aliphatic carbocycles. The molecule has 0 aliphatic rings. The second-order valence-corrected chi connectivity index (χ2v) is 3.65. The SMILES string of the molecule is Nc1nc(C([C]=O)=CCl)c(Cl)s1. The highest BCUT2D eigenvalue weighted by atomic mass is 35.5. The molecule has 12 heavy (non-hydrogen) atoms. The first kappa shape index (κ1) is 9.51. The number of hydrogen-bond donors (Lipinski definition) is 1. The van der Waals surface area contributed by atoms with Crippen molar-refractivity contribution in [3.8, 4) is 0 Å². The van der Waals surface area contributed by atoms with Gasteiger partial charge in [-0.3, -0.25) is 4.79 Å². The van der Waals surface area contributed by atoms with Crippen LogP contribution in [0.4, 0.5) is 5.13 Å². The molecule has 0 saturated carbocycles. The van der Waals surface area contributed by atoms with E-state index in [9.17, 15) is 4.79 Å². The molecule has 1 heterocycles.